The molecule has 0 amide bonds. The van der Waals surface area contributed by atoms with Gasteiger partial charge >= 0.3 is 0 Å². The highest BCUT2D eigenvalue weighted by molar-refractivity contribution is 4.96. The maximum absolute atomic E-state index is 6.14. The Bertz CT molecular complexity index is 241. The van der Waals surface area contributed by atoms with Gasteiger partial charge in [0.05, 0.1) is 0 Å². The fourth-order valence-electron chi connectivity index (χ4n) is 3.76. The molecule has 3 nitrogen and oxygen atoms in total. The van der Waals surface area contributed by atoms with E-state index >= 15 is 0 Å². The van der Waals surface area contributed by atoms with E-state index in [2.05, 4.69) is 11.8 Å². The summed E-state index contributed by atoms with van der Waals surface area (Å²) in [6, 6.07) is 0. The number of methoxy groups -OCH3 is 1. The predicted molar refractivity (Wildman–Crippen MR) is 75.6 cm³/mol. The van der Waals surface area contributed by atoms with Crippen LogP contribution in [0.4, 0.5) is 0 Å². The highest BCUT2D eigenvalue weighted by Gasteiger charge is 2.39. The number of nitrogens with zero attached hydrogens (tertiary/aromatic N) is 1. The van der Waals surface area contributed by atoms with Crippen LogP contribution in [-0.2, 0) is 4.74 Å². The minimum atomic E-state index is 0.324. The summed E-state index contributed by atoms with van der Waals surface area (Å²) in [6.07, 6.45) is 7.89. The first-order chi connectivity index (χ1) is 8.70. The highest BCUT2D eigenvalue weighted by atomic mass is 16.5. The second-order valence-corrected chi connectivity index (χ2v) is 6.50. The average Bonchev–Trinajstić information content (AvgIpc) is 2.42. The van der Waals surface area contributed by atoms with E-state index in [1.807, 2.05) is 7.11 Å². The van der Waals surface area contributed by atoms with Crippen LogP contribution in [0, 0.1) is 11.8 Å². The molecule has 2 aliphatic rings. The molecular weight excluding hydrogens is 224 g/mol. The maximum Gasteiger partial charge on any atom is 0.0491 e. The molecule has 1 saturated carbocycles. The van der Waals surface area contributed by atoms with Crippen molar-refractivity contribution in [1.82, 2.24) is 4.90 Å². The normalized spacial score (nSPS) is 35.8. The van der Waals surface area contributed by atoms with Crippen molar-refractivity contribution < 1.29 is 4.74 Å². The third-order valence-corrected chi connectivity index (χ3v) is 5.27. The zero-order valence-electron chi connectivity index (χ0n) is 12.2. The van der Waals surface area contributed by atoms with Gasteiger partial charge in [-0.15, -0.1) is 0 Å². The highest BCUT2D eigenvalue weighted by Crippen LogP contribution is 2.37. The molecule has 2 fully saturated rings. The smallest absolute Gasteiger partial charge is 0.0491 e. The molecule has 0 aromatic carbocycles. The zero-order chi connectivity index (χ0) is 13.0. The largest absolute Gasteiger partial charge is 0.384 e. The lowest BCUT2D eigenvalue weighted by Crippen LogP contribution is -2.58. The van der Waals surface area contributed by atoms with Gasteiger partial charge in [-0.2, -0.15) is 0 Å². The second kappa shape index (κ2) is 6.36. The molecule has 1 aliphatic heterocycles. The number of rotatable bonds is 4. The van der Waals surface area contributed by atoms with Crippen molar-refractivity contribution in [1.29, 1.82) is 0 Å². The lowest BCUT2D eigenvalue weighted by Gasteiger charge is -2.49. The molecule has 0 atom stereocenters. The zero-order valence-corrected chi connectivity index (χ0v) is 12.2. The lowest BCUT2D eigenvalue weighted by molar-refractivity contribution is 0.00532. The molecule has 1 aliphatic carbocycles. The SMILES string of the molecule is COCC1CCN(C2(CN)CCC(C)CC2)CC1. The van der Waals surface area contributed by atoms with Crippen LogP contribution < -0.4 is 5.73 Å². The van der Waals surface area contributed by atoms with E-state index in [0.29, 0.717) is 5.54 Å². The topological polar surface area (TPSA) is 38.5 Å². The molecule has 1 saturated heterocycles. The molecule has 3 heteroatoms. The number of ether oxygens (including phenoxy) is 1. The van der Waals surface area contributed by atoms with Crippen molar-refractivity contribution in [2.75, 3.05) is 33.4 Å². The van der Waals surface area contributed by atoms with Gasteiger partial charge in [-0.05, 0) is 63.5 Å². The lowest BCUT2D eigenvalue weighted by atomic mass is 9.75. The van der Waals surface area contributed by atoms with Crippen LogP contribution in [0.3, 0.4) is 0 Å². The fraction of sp³-hybridized carbons (Fsp3) is 1.00. The Balaban J connectivity index is 1.90. The average molecular weight is 254 g/mol. The molecule has 0 aromatic heterocycles. The minimum absolute atomic E-state index is 0.324. The minimum Gasteiger partial charge on any atom is -0.384 e. The first-order valence-electron chi connectivity index (χ1n) is 7.64. The first kappa shape index (κ1) is 14.3. The number of nitrogens with two attached hydrogens (primary N) is 1. The summed E-state index contributed by atoms with van der Waals surface area (Å²) in [4.78, 5) is 2.70. The summed E-state index contributed by atoms with van der Waals surface area (Å²) in [5.41, 5.74) is 6.47. The Labute approximate surface area is 112 Å². The van der Waals surface area contributed by atoms with E-state index in [-0.39, 0.29) is 0 Å². The van der Waals surface area contributed by atoms with E-state index in [1.54, 1.807) is 0 Å². The van der Waals surface area contributed by atoms with Crippen molar-refractivity contribution in [2.24, 2.45) is 17.6 Å². The molecule has 2 N–H and O–H groups in total. The van der Waals surface area contributed by atoms with Crippen LogP contribution in [0.1, 0.15) is 45.4 Å². The van der Waals surface area contributed by atoms with Gasteiger partial charge in [0.2, 0.25) is 0 Å². The van der Waals surface area contributed by atoms with Crippen molar-refractivity contribution >= 4 is 0 Å². The van der Waals surface area contributed by atoms with Gasteiger partial charge in [0.1, 0.15) is 0 Å². The Morgan fingerprint density at radius 1 is 1.17 bits per heavy atom. The van der Waals surface area contributed by atoms with Crippen LogP contribution >= 0.6 is 0 Å². The summed E-state index contributed by atoms with van der Waals surface area (Å²) < 4.78 is 5.28. The quantitative estimate of drug-likeness (QED) is 0.836. The standard InChI is InChI=1S/C15H30N2O/c1-13-3-7-15(12-16,8-4-13)17-9-5-14(6-10-17)11-18-2/h13-14H,3-12,16H2,1-2H3. The van der Waals surface area contributed by atoms with Crippen molar-refractivity contribution in [2.45, 2.75) is 51.0 Å². The van der Waals surface area contributed by atoms with Crippen LogP contribution in [0.25, 0.3) is 0 Å². The summed E-state index contributed by atoms with van der Waals surface area (Å²) in [7, 11) is 1.82. The van der Waals surface area contributed by atoms with E-state index in [9.17, 15) is 0 Å². The third kappa shape index (κ3) is 3.06. The van der Waals surface area contributed by atoms with Crippen LogP contribution in [0.15, 0.2) is 0 Å². The number of likely N-dealkylation sites (tertiary alicyclic amines) is 1. The molecule has 0 unspecified atom stereocenters. The Hall–Kier alpha value is -0.120. The van der Waals surface area contributed by atoms with Gasteiger partial charge in [0.25, 0.3) is 0 Å². The van der Waals surface area contributed by atoms with Gasteiger partial charge in [0, 0.05) is 25.8 Å². The fourth-order valence-corrected chi connectivity index (χ4v) is 3.76. The molecule has 0 spiro atoms. The number of hydrogen-bond donors (Lipinski definition) is 1. The van der Waals surface area contributed by atoms with Crippen LogP contribution in [0.5, 0.6) is 0 Å². The molecule has 0 radical (unpaired) electrons. The second-order valence-electron chi connectivity index (χ2n) is 6.50. The van der Waals surface area contributed by atoms with E-state index < -0.39 is 0 Å². The molecule has 2 rings (SSSR count). The van der Waals surface area contributed by atoms with Crippen molar-refractivity contribution in [3.8, 4) is 0 Å². The van der Waals surface area contributed by atoms with Crippen molar-refractivity contribution in [3.63, 3.8) is 0 Å². The van der Waals surface area contributed by atoms with Crippen LogP contribution in [-0.4, -0.2) is 43.8 Å². The summed E-state index contributed by atoms with van der Waals surface area (Å²) in [6.45, 7) is 6.60. The molecular formula is C15H30N2O. The Morgan fingerprint density at radius 3 is 2.28 bits per heavy atom. The van der Waals surface area contributed by atoms with Gasteiger partial charge < -0.3 is 10.5 Å². The van der Waals surface area contributed by atoms with E-state index in [1.165, 1.54) is 51.6 Å². The van der Waals surface area contributed by atoms with Crippen LogP contribution in [0.2, 0.25) is 0 Å². The summed E-state index contributed by atoms with van der Waals surface area (Å²) >= 11 is 0. The molecule has 18 heavy (non-hydrogen) atoms. The van der Waals surface area contributed by atoms with E-state index in [0.717, 1.165) is 25.0 Å². The number of hydrogen-bond acceptors (Lipinski definition) is 3. The first-order valence-corrected chi connectivity index (χ1v) is 7.64. The Morgan fingerprint density at radius 2 is 1.78 bits per heavy atom. The van der Waals surface area contributed by atoms with Crippen molar-refractivity contribution in [3.05, 3.63) is 0 Å². The Kier molecular flexibility index (Phi) is 5.05. The predicted octanol–water partition coefficient (Wildman–Crippen LogP) is 2.25. The summed E-state index contributed by atoms with van der Waals surface area (Å²) in [5, 5.41) is 0. The molecule has 106 valence electrons. The monoisotopic (exact) mass is 254 g/mol. The third-order valence-electron chi connectivity index (χ3n) is 5.27. The van der Waals surface area contributed by atoms with Gasteiger partial charge in [-0.25, -0.2) is 0 Å². The van der Waals surface area contributed by atoms with E-state index in [4.69, 9.17) is 10.5 Å². The molecule has 1 heterocycles. The maximum atomic E-state index is 6.14. The van der Waals surface area contributed by atoms with Gasteiger partial charge in [-0.3, -0.25) is 4.90 Å². The number of piperidine rings is 1. The molecule has 0 bridgehead atoms. The van der Waals surface area contributed by atoms with Gasteiger partial charge in [-0.1, -0.05) is 6.92 Å². The van der Waals surface area contributed by atoms with Gasteiger partial charge in [0.15, 0.2) is 0 Å². The molecule has 0 aromatic rings. The summed E-state index contributed by atoms with van der Waals surface area (Å²) in [5.74, 6) is 1.67.